The van der Waals surface area contributed by atoms with Gasteiger partial charge >= 0.3 is 0 Å². The zero-order valence-corrected chi connectivity index (χ0v) is 14.2. The third-order valence-electron chi connectivity index (χ3n) is 3.50. The van der Waals surface area contributed by atoms with E-state index < -0.39 is 0 Å². The van der Waals surface area contributed by atoms with Gasteiger partial charge in [0.1, 0.15) is 0 Å². The lowest BCUT2D eigenvalue weighted by atomic mass is 10.0. The summed E-state index contributed by atoms with van der Waals surface area (Å²) in [5, 5.41) is 0. The summed E-state index contributed by atoms with van der Waals surface area (Å²) < 4.78 is 1.08. The Hall–Kier alpha value is -1.23. The van der Waals surface area contributed by atoms with Gasteiger partial charge in [0.15, 0.2) is 0 Å². The number of hydrogen-bond acceptors (Lipinski definition) is 3. The van der Waals surface area contributed by atoms with Crippen molar-refractivity contribution in [1.29, 1.82) is 0 Å². The molecule has 0 saturated heterocycles. The average molecular weight is 348 g/mol. The van der Waals surface area contributed by atoms with Crippen LogP contribution in [0.5, 0.6) is 0 Å². The van der Waals surface area contributed by atoms with E-state index in [4.69, 9.17) is 5.73 Å². The van der Waals surface area contributed by atoms with Gasteiger partial charge in [-0.25, -0.2) is 0 Å². The number of hydrogen-bond donors (Lipinski definition) is 1. The molecule has 0 aliphatic rings. The molecular formula is C17H22BrN3. The van der Waals surface area contributed by atoms with Gasteiger partial charge in [-0.3, -0.25) is 4.98 Å². The molecule has 0 saturated carbocycles. The first-order chi connectivity index (χ1) is 10.0. The molecule has 3 nitrogen and oxygen atoms in total. The van der Waals surface area contributed by atoms with Crippen LogP contribution >= 0.6 is 15.9 Å². The van der Waals surface area contributed by atoms with E-state index >= 15 is 0 Å². The largest absolute Gasteiger partial charge is 0.324 e. The molecule has 1 heterocycles. The molecule has 21 heavy (non-hydrogen) atoms. The molecule has 2 N–H and O–H groups in total. The van der Waals surface area contributed by atoms with Crippen molar-refractivity contribution in [2.75, 3.05) is 13.6 Å². The number of aromatic nitrogens is 1. The summed E-state index contributed by atoms with van der Waals surface area (Å²) in [5.74, 6) is 0. The number of nitrogens with zero attached hydrogens (tertiary/aromatic N) is 2. The van der Waals surface area contributed by atoms with E-state index in [1.54, 1.807) is 0 Å². The minimum atomic E-state index is 0.0750. The summed E-state index contributed by atoms with van der Waals surface area (Å²) in [6.07, 6.45) is 0.934. The number of pyridine rings is 1. The van der Waals surface area contributed by atoms with Crippen molar-refractivity contribution in [2.45, 2.75) is 25.9 Å². The van der Waals surface area contributed by atoms with Gasteiger partial charge in [-0.2, -0.15) is 0 Å². The van der Waals surface area contributed by atoms with Gasteiger partial charge in [-0.15, -0.1) is 0 Å². The fourth-order valence-electron chi connectivity index (χ4n) is 2.28. The van der Waals surface area contributed by atoms with E-state index in [0.29, 0.717) is 0 Å². The summed E-state index contributed by atoms with van der Waals surface area (Å²) in [6.45, 7) is 3.83. The van der Waals surface area contributed by atoms with Gasteiger partial charge in [0.2, 0.25) is 0 Å². The molecule has 0 bridgehead atoms. The van der Waals surface area contributed by atoms with Crippen LogP contribution in [0, 0.1) is 6.92 Å². The van der Waals surface area contributed by atoms with Crippen molar-refractivity contribution in [1.82, 2.24) is 9.88 Å². The number of rotatable bonds is 6. The van der Waals surface area contributed by atoms with Gasteiger partial charge in [0, 0.05) is 29.3 Å². The second-order valence-electron chi connectivity index (χ2n) is 5.45. The molecular weight excluding hydrogens is 326 g/mol. The number of aryl methyl sites for hydroxylation is 1. The lowest BCUT2D eigenvalue weighted by Gasteiger charge is -2.19. The Balaban J connectivity index is 1.83. The SMILES string of the molecule is Cc1cccc(CN(C)CCC(N)c2ccc(Br)cc2)n1. The highest BCUT2D eigenvalue weighted by atomic mass is 79.9. The Labute approximate surface area is 135 Å². The second-order valence-corrected chi connectivity index (χ2v) is 6.37. The van der Waals surface area contributed by atoms with Crippen LogP contribution in [0.2, 0.25) is 0 Å². The van der Waals surface area contributed by atoms with E-state index in [2.05, 4.69) is 57.1 Å². The zero-order valence-electron chi connectivity index (χ0n) is 12.6. The molecule has 2 aromatic rings. The van der Waals surface area contributed by atoms with E-state index in [1.807, 2.05) is 25.1 Å². The van der Waals surface area contributed by atoms with Gasteiger partial charge < -0.3 is 10.6 Å². The smallest absolute Gasteiger partial charge is 0.0547 e. The molecule has 0 spiro atoms. The molecule has 0 amide bonds. The summed E-state index contributed by atoms with van der Waals surface area (Å²) in [7, 11) is 2.11. The predicted molar refractivity (Wildman–Crippen MR) is 91.0 cm³/mol. The Morgan fingerprint density at radius 3 is 2.57 bits per heavy atom. The molecule has 1 atom stereocenters. The fourth-order valence-corrected chi connectivity index (χ4v) is 2.54. The Kier molecular flexibility index (Phi) is 5.91. The Bertz CT molecular complexity index is 569. The molecule has 1 aromatic heterocycles. The van der Waals surface area contributed by atoms with Crippen LogP contribution < -0.4 is 5.73 Å². The summed E-state index contributed by atoms with van der Waals surface area (Å²) in [4.78, 5) is 6.79. The van der Waals surface area contributed by atoms with Gasteiger partial charge in [0.25, 0.3) is 0 Å². The quantitative estimate of drug-likeness (QED) is 0.866. The van der Waals surface area contributed by atoms with Crippen LogP contribution in [0.4, 0.5) is 0 Å². The van der Waals surface area contributed by atoms with Crippen molar-refractivity contribution >= 4 is 15.9 Å². The lowest BCUT2D eigenvalue weighted by molar-refractivity contribution is 0.308. The van der Waals surface area contributed by atoms with Crippen molar-refractivity contribution in [3.8, 4) is 0 Å². The summed E-state index contributed by atoms with van der Waals surface area (Å²) >= 11 is 3.44. The highest BCUT2D eigenvalue weighted by molar-refractivity contribution is 9.10. The van der Waals surface area contributed by atoms with Crippen LogP contribution in [0.25, 0.3) is 0 Å². The van der Waals surface area contributed by atoms with E-state index in [0.717, 1.165) is 35.4 Å². The first-order valence-electron chi connectivity index (χ1n) is 7.17. The number of nitrogens with two attached hydrogens (primary N) is 1. The summed E-state index contributed by atoms with van der Waals surface area (Å²) in [5.41, 5.74) is 9.60. The predicted octanol–water partition coefficient (Wildman–Crippen LogP) is 3.67. The standard InChI is InChI=1S/C17H22BrN3/c1-13-4-3-5-16(20-13)12-21(2)11-10-17(19)14-6-8-15(18)9-7-14/h3-9,17H,10-12,19H2,1-2H3. The van der Waals surface area contributed by atoms with Crippen molar-refractivity contribution in [3.63, 3.8) is 0 Å². The van der Waals surface area contributed by atoms with Crippen LogP contribution in [0.3, 0.4) is 0 Å². The van der Waals surface area contributed by atoms with E-state index in [1.165, 1.54) is 5.56 Å². The maximum Gasteiger partial charge on any atom is 0.0547 e. The van der Waals surface area contributed by atoms with Crippen LogP contribution in [0.1, 0.15) is 29.4 Å². The topological polar surface area (TPSA) is 42.1 Å². The maximum atomic E-state index is 6.25. The molecule has 1 aromatic carbocycles. The maximum absolute atomic E-state index is 6.25. The van der Waals surface area contributed by atoms with E-state index in [9.17, 15) is 0 Å². The first-order valence-corrected chi connectivity index (χ1v) is 7.96. The van der Waals surface area contributed by atoms with Gasteiger partial charge in [-0.05, 0) is 50.2 Å². The molecule has 4 heteroatoms. The molecule has 1 unspecified atom stereocenters. The Morgan fingerprint density at radius 2 is 1.90 bits per heavy atom. The van der Waals surface area contributed by atoms with Crippen molar-refractivity contribution < 1.29 is 0 Å². The third-order valence-corrected chi connectivity index (χ3v) is 4.03. The van der Waals surface area contributed by atoms with Gasteiger partial charge in [-0.1, -0.05) is 34.1 Å². The van der Waals surface area contributed by atoms with Gasteiger partial charge in [0.05, 0.1) is 5.69 Å². The van der Waals surface area contributed by atoms with Crippen LogP contribution in [-0.2, 0) is 6.54 Å². The van der Waals surface area contributed by atoms with Crippen molar-refractivity contribution in [3.05, 3.63) is 63.9 Å². The third kappa shape index (κ3) is 5.23. The normalized spacial score (nSPS) is 12.6. The average Bonchev–Trinajstić information content (AvgIpc) is 2.45. The second kappa shape index (κ2) is 7.69. The monoisotopic (exact) mass is 347 g/mol. The molecule has 0 radical (unpaired) electrons. The van der Waals surface area contributed by atoms with Crippen LogP contribution in [0.15, 0.2) is 46.9 Å². The van der Waals surface area contributed by atoms with E-state index in [-0.39, 0.29) is 6.04 Å². The molecule has 112 valence electrons. The van der Waals surface area contributed by atoms with Crippen LogP contribution in [-0.4, -0.2) is 23.5 Å². The molecule has 0 fully saturated rings. The number of benzene rings is 1. The highest BCUT2D eigenvalue weighted by Gasteiger charge is 2.08. The van der Waals surface area contributed by atoms with Crippen molar-refractivity contribution in [2.24, 2.45) is 5.73 Å². The Morgan fingerprint density at radius 1 is 1.19 bits per heavy atom. The lowest BCUT2D eigenvalue weighted by Crippen LogP contribution is -2.24. The minimum absolute atomic E-state index is 0.0750. The fraction of sp³-hybridized carbons (Fsp3) is 0.353. The summed E-state index contributed by atoms with van der Waals surface area (Å²) in [6, 6.07) is 14.5. The molecule has 0 aliphatic heterocycles. The molecule has 2 rings (SSSR count). The highest BCUT2D eigenvalue weighted by Crippen LogP contribution is 2.18. The number of halogens is 1. The zero-order chi connectivity index (χ0) is 15.2. The minimum Gasteiger partial charge on any atom is -0.324 e. The molecule has 0 aliphatic carbocycles. The first kappa shape index (κ1) is 16.1.